The molecule has 1 heterocycles. The van der Waals surface area contributed by atoms with Crippen molar-refractivity contribution in [3.05, 3.63) is 58.9 Å². The molecule has 3 nitrogen and oxygen atoms in total. The van der Waals surface area contributed by atoms with Gasteiger partial charge in [0, 0.05) is 24.7 Å². The number of hydrogen-bond donors (Lipinski definition) is 0. The van der Waals surface area contributed by atoms with E-state index in [4.69, 9.17) is 16.3 Å². The second-order valence-electron chi connectivity index (χ2n) is 5.16. The summed E-state index contributed by atoms with van der Waals surface area (Å²) in [4.78, 5) is 15.9. The van der Waals surface area contributed by atoms with E-state index >= 15 is 0 Å². The Labute approximate surface area is 142 Å². The Morgan fingerprint density at radius 2 is 2.00 bits per heavy atom. The van der Waals surface area contributed by atoms with E-state index in [2.05, 4.69) is 4.98 Å². The molecule has 128 valence electrons. The van der Waals surface area contributed by atoms with E-state index in [0.717, 1.165) is 12.1 Å². The van der Waals surface area contributed by atoms with Gasteiger partial charge in [-0.15, -0.1) is 0 Å². The highest BCUT2D eigenvalue weighted by Crippen LogP contribution is 2.31. The SMILES string of the molecule is O=C(CCCOc1cccc(C(F)(F)F)c1)Cc1ccc(Cl)cn1. The van der Waals surface area contributed by atoms with Gasteiger partial charge in [-0.1, -0.05) is 17.7 Å². The van der Waals surface area contributed by atoms with E-state index in [0.29, 0.717) is 17.1 Å². The maximum Gasteiger partial charge on any atom is 0.416 e. The van der Waals surface area contributed by atoms with Crippen molar-refractivity contribution >= 4 is 17.4 Å². The lowest BCUT2D eigenvalue weighted by molar-refractivity contribution is -0.137. The van der Waals surface area contributed by atoms with Gasteiger partial charge in [0.2, 0.25) is 0 Å². The molecule has 0 radical (unpaired) electrons. The fourth-order valence-electron chi connectivity index (χ4n) is 2.02. The highest BCUT2D eigenvalue weighted by atomic mass is 35.5. The first-order valence-electron chi connectivity index (χ1n) is 7.27. The summed E-state index contributed by atoms with van der Waals surface area (Å²) < 4.78 is 43.0. The van der Waals surface area contributed by atoms with Crippen LogP contribution in [-0.2, 0) is 17.4 Å². The molecule has 0 aliphatic rings. The number of rotatable bonds is 7. The van der Waals surface area contributed by atoms with Gasteiger partial charge in [-0.25, -0.2) is 0 Å². The number of Topliss-reactive ketones (excluding diaryl/α,β-unsaturated/α-hetero) is 1. The average molecular weight is 358 g/mol. The zero-order valence-corrected chi connectivity index (χ0v) is 13.4. The number of hydrogen-bond acceptors (Lipinski definition) is 3. The number of carbonyl (C=O) groups excluding carboxylic acids is 1. The lowest BCUT2D eigenvalue weighted by atomic mass is 10.1. The number of aromatic nitrogens is 1. The number of ether oxygens (including phenoxy) is 1. The minimum absolute atomic E-state index is 0.0162. The minimum atomic E-state index is -4.40. The van der Waals surface area contributed by atoms with Crippen LogP contribution in [0.5, 0.6) is 5.75 Å². The molecule has 0 amide bonds. The summed E-state index contributed by atoms with van der Waals surface area (Å²) in [5.41, 5.74) is -0.131. The van der Waals surface area contributed by atoms with Crippen molar-refractivity contribution in [3.63, 3.8) is 0 Å². The van der Waals surface area contributed by atoms with Gasteiger partial charge in [-0.3, -0.25) is 9.78 Å². The predicted molar refractivity (Wildman–Crippen MR) is 84.1 cm³/mol. The molecule has 0 saturated heterocycles. The Balaban J connectivity index is 1.74. The van der Waals surface area contributed by atoms with Crippen molar-refractivity contribution in [2.24, 2.45) is 0 Å². The Kier molecular flexibility index (Phi) is 6.20. The molecule has 1 aromatic heterocycles. The van der Waals surface area contributed by atoms with Crippen LogP contribution in [0.2, 0.25) is 5.02 Å². The summed E-state index contributed by atoms with van der Waals surface area (Å²) in [6, 6.07) is 8.01. The highest BCUT2D eigenvalue weighted by Gasteiger charge is 2.30. The second kappa shape index (κ2) is 8.15. The average Bonchev–Trinajstić information content (AvgIpc) is 2.53. The van der Waals surface area contributed by atoms with Crippen molar-refractivity contribution in [2.45, 2.75) is 25.4 Å². The lowest BCUT2D eigenvalue weighted by Gasteiger charge is -2.10. The monoisotopic (exact) mass is 357 g/mol. The maximum atomic E-state index is 12.6. The smallest absolute Gasteiger partial charge is 0.416 e. The first-order valence-corrected chi connectivity index (χ1v) is 7.64. The third-order valence-corrected chi connectivity index (χ3v) is 3.42. The van der Waals surface area contributed by atoms with Crippen molar-refractivity contribution in [1.82, 2.24) is 4.98 Å². The molecule has 0 unspecified atom stereocenters. The zero-order valence-electron chi connectivity index (χ0n) is 12.6. The van der Waals surface area contributed by atoms with Gasteiger partial charge in [0.05, 0.1) is 17.2 Å². The Morgan fingerprint density at radius 1 is 1.21 bits per heavy atom. The quantitative estimate of drug-likeness (QED) is 0.673. The molecule has 0 saturated carbocycles. The highest BCUT2D eigenvalue weighted by molar-refractivity contribution is 6.30. The van der Waals surface area contributed by atoms with Gasteiger partial charge >= 0.3 is 6.18 Å². The third-order valence-electron chi connectivity index (χ3n) is 3.20. The fourth-order valence-corrected chi connectivity index (χ4v) is 2.13. The number of nitrogens with zero attached hydrogens (tertiary/aromatic N) is 1. The standard InChI is InChI=1S/C17H15ClF3NO2/c18-13-6-7-14(22-11-13)10-15(23)4-2-8-24-16-5-1-3-12(9-16)17(19,20)21/h1,3,5-7,9,11H,2,4,8,10H2. The summed E-state index contributed by atoms with van der Waals surface area (Å²) in [6.07, 6.45) is -2.05. The van der Waals surface area contributed by atoms with Crippen molar-refractivity contribution in [3.8, 4) is 5.75 Å². The second-order valence-corrected chi connectivity index (χ2v) is 5.60. The van der Waals surface area contributed by atoms with Gasteiger partial charge < -0.3 is 4.74 Å². The zero-order chi connectivity index (χ0) is 17.6. The van der Waals surface area contributed by atoms with Crippen molar-refractivity contribution < 1.29 is 22.7 Å². The van der Waals surface area contributed by atoms with Crippen LogP contribution >= 0.6 is 11.6 Å². The largest absolute Gasteiger partial charge is 0.494 e. The van der Waals surface area contributed by atoms with Crippen molar-refractivity contribution in [2.75, 3.05) is 6.61 Å². The Bertz CT molecular complexity index is 687. The van der Waals surface area contributed by atoms with E-state index in [1.165, 1.54) is 18.3 Å². The Morgan fingerprint density at radius 3 is 2.67 bits per heavy atom. The molecule has 0 spiro atoms. The van der Waals surface area contributed by atoms with Gasteiger partial charge in [0.1, 0.15) is 11.5 Å². The topological polar surface area (TPSA) is 39.2 Å². The van der Waals surface area contributed by atoms with Crippen LogP contribution in [0.4, 0.5) is 13.2 Å². The summed E-state index contributed by atoms with van der Waals surface area (Å²) in [5.74, 6) is 0.120. The molecular weight excluding hydrogens is 343 g/mol. The molecule has 0 fully saturated rings. The molecule has 7 heteroatoms. The number of ketones is 1. The normalized spacial score (nSPS) is 11.3. The van der Waals surface area contributed by atoms with Gasteiger partial charge in [-0.05, 0) is 36.8 Å². The fraction of sp³-hybridized carbons (Fsp3) is 0.294. The summed E-state index contributed by atoms with van der Waals surface area (Å²) in [6.45, 7) is 0.168. The van der Waals surface area contributed by atoms with E-state index in [9.17, 15) is 18.0 Å². The van der Waals surface area contributed by atoms with Crippen molar-refractivity contribution in [1.29, 1.82) is 0 Å². The number of benzene rings is 1. The van der Waals surface area contributed by atoms with E-state index in [1.54, 1.807) is 12.1 Å². The van der Waals surface area contributed by atoms with Crippen LogP contribution in [0.1, 0.15) is 24.1 Å². The van der Waals surface area contributed by atoms with Crippen LogP contribution in [-0.4, -0.2) is 17.4 Å². The first-order chi connectivity index (χ1) is 11.3. The predicted octanol–water partition coefficient (Wildman–Crippen LogP) is 4.72. The van der Waals surface area contributed by atoms with E-state index < -0.39 is 11.7 Å². The number of halogens is 4. The number of carbonyl (C=O) groups is 1. The minimum Gasteiger partial charge on any atom is -0.494 e. The van der Waals surface area contributed by atoms with Crippen LogP contribution < -0.4 is 4.74 Å². The van der Waals surface area contributed by atoms with Gasteiger partial charge in [0.25, 0.3) is 0 Å². The summed E-state index contributed by atoms with van der Waals surface area (Å²) in [7, 11) is 0. The first kappa shape index (κ1) is 18.3. The number of alkyl halides is 3. The van der Waals surface area contributed by atoms with Crippen LogP contribution in [0, 0.1) is 0 Å². The molecular formula is C17H15ClF3NO2. The molecule has 1 aromatic carbocycles. The Hall–Kier alpha value is -2.08. The number of pyridine rings is 1. The molecule has 0 N–H and O–H groups in total. The summed E-state index contributed by atoms with van der Waals surface area (Å²) >= 11 is 5.71. The molecule has 0 aliphatic carbocycles. The summed E-state index contributed by atoms with van der Waals surface area (Å²) in [5, 5.41) is 0.501. The lowest BCUT2D eigenvalue weighted by Crippen LogP contribution is -2.08. The molecule has 0 atom stereocenters. The van der Waals surface area contributed by atoms with Gasteiger partial charge in [0.15, 0.2) is 0 Å². The van der Waals surface area contributed by atoms with Gasteiger partial charge in [-0.2, -0.15) is 13.2 Å². The van der Waals surface area contributed by atoms with E-state index in [-0.39, 0.29) is 31.0 Å². The third kappa shape index (κ3) is 5.85. The van der Waals surface area contributed by atoms with Crippen LogP contribution in [0.3, 0.4) is 0 Å². The molecule has 0 aliphatic heterocycles. The van der Waals surface area contributed by atoms with Crippen LogP contribution in [0.25, 0.3) is 0 Å². The molecule has 0 bridgehead atoms. The molecule has 2 rings (SSSR count). The van der Waals surface area contributed by atoms with E-state index in [1.807, 2.05) is 0 Å². The van der Waals surface area contributed by atoms with Crippen LogP contribution in [0.15, 0.2) is 42.6 Å². The molecule has 24 heavy (non-hydrogen) atoms. The molecule has 2 aromatic rings. The maximum absolute atomic E-state index is 12.6.